The Balaban J connectivity index is 2.23. The third-order valence-electron chi connectivity index (χ3n) is 3.89. The lowest BCUT2D eigenvalue weighted by Gasteiger charge is -2.19. The van der Waals surface area contributed by atoms with Gasteiger partial charge in [-0.1, -0.05) is 23.7 Å². The van der Waals surface area contributed by atoms with Crippen molar-refractivity contribution in [1.82, 2.24) is 0 Å². The van der Waals surface area contributed by atoms with Gasteiger partial charge in [0.25, 0.3) is 5.91 Å². The molecule has 0 aromatic heterocycles. The molecule has 2 aromatic carbocycles. The van der Waals surface area contributed by atoms with Crippen LogP contribution in [0, 0.1) is 0 Å². The number of nitrogens with one attached hydrogen (secondary N) is 1. The highest BCUT2D eigenvalue weighted by Gasteiger charge is 2.29. The minimum atomic E-state index is -3.30. The molecule has 2 aromatic rings. The number of carbonyl (C=O) groups excluding carboxylic acids is 1. The first-order valence-electron chi connectivity index (χ1n) is 7.99. The fourth-order valence-corrected chi connectivity index (χ4v) is 3.87. The molecule has 4 nitrogen and oxygen atoms in total. The number of sulfone groups is 1. The van der Waals surface area contributed by atoms with Gasteiger partial charge in [0.1, 0.15) is 0 Å². The van der Waals surface area contributed by atoms with Gasteiger partial charge < -0.3 is 5.32 Å². The number of benzene rings is 2. The highest BCUT2D eigenvalue weighted by atomic mass is 35.5. The van der Waals surface area contributed by atoms with Crippen LogP contribution in [0.4, 0.5) is 5.69 Å². The van der Waals surface area contributed by atoms with Crippen molar-refractivity contribution in [2.24, 2.45) is 0 Å². The highest BCUT2D eigenvalue weighted by Crippen LogP contribution is 2.25. The average Bonchev–Trinajstić information content (AvgIpc) is 2.54. The van der Waals surface area contributed by atoms with E-state index < -0.39 is 14.6 Å². The minimum Gasteiger partial charge on any atom is -0.322 e. The van der Waals surface area contributed by atoms with Gasteiger partial charge in [0.2, 0.25) is 0 Å². The summed E-state index contributed by atoms with van der Waals surface area (Å²) < 4.78 is 23.9. The van der Waals surface area contributed by atoms with E-state index in [4.69, 9.17) is 11.6 Å². The molecule has 26 heavy (non-hydrogen) atoms. The molecule has 0 aliphatic heterocycles. The highest BCUT2D eigenvalue weighted by molar-refractivity contribution is 7.98. The number of hydrogen-bond donors (Lipinski definition) is 1. The van der Waals surface area contributed by atoms with Gasteiger partial charge in [0, 0.05) is 10.6 Å². The second kappa shape index (κ2) is 8.03. The van der Waals surface area contributed by atoms with Crippen molar-refractivity contribution in [3.8, 4) is 0 Å². The molecule has 0 aliphatic rings. The lowest BCUT2D eigenvalue weighted by atomic mass is 10.2. The van der Waals surface area contributed by atoms with E-state index in [2.05, 4.69) is 5.32 Å². The maximum absolute atomic E-state index is 12.5. The summed E-state index contributed by atoms with van der Waals surface area (Å²) in [4.78, 5) is 13.5. The Morgan fingerprint density at radius 3 is 2.46 bits per heavy atom. The van der Waals surface area contributed by atoms with E-state index in [1.54, 1.807) is 57.2 Å². The molecule has 0 radical (unpaired) electrons. The Hall–Kier alpha value is -1.50. The van der Waals surface area contributed by atoms with Gasteiger partial charge >= 0.3 is 0 Å². The summed E-state index contributed by atoms with van der Waals surface area (Å²) in [7, 11) is -3.30. The SMILES string of the molecule is CSc1ccc(Cl)c(C(=O)Nc2cccc(CS(=O)(=O)C(C)(C)C)c2)c1. The average molecular weight is 412 g/mol. The van der Waals surface area contributed by atoms with E-state index in [1.165, 1.54) is 11.8 Å². The third-order valence-corrected chi connectivity index (χ3v) is 7.53. The summed E-state index contributed by atoms with van der Waals surface area (Å²) in [6.07, 6.45) is 1.92. The van der Waals surface area contributed by atoms with E-state index in [0.717, 1.165) is 4.90 Å². The van der Waals surface area contributed by atoms with Crippen molar-refractivity contribution >= 4 is 44.8 Å². The van der Waals surface area contributed by atoms with Crippen LogP contribution in [0.3, 0.4) is 0 Å². The van der Waals surface area contributed by atoms with Crippen LogP contribution < -0.4 is 5.32 Å². The largest absolute Gasteiger partial charge is 0.322 e. The molecule has 0 saturated carbocycles. The summed E-state index contributed by atoms with van der Waals surface area (Å²) in [6, 6.07) is 12.1. The van der Waals surface area contributed by atoms with Crippen LogP contribution in [0.2, 0.25) is 5.02 Å². The van der Waals surface area contributed by atoms with Gasteiger partial charge in [-0.3, -0.25) is 4.79 Å². The summed E-state index contributed by atoms with van der Waals surface area (Å²) in [5.74, 6) is -0.412. The second-order valence-corrected chi connectivity index (χ2v) is 10.9. The molecule has 0 heterocycles. The molecule has 2 rings (SSSR count). The maximum atomic E-state index is 12.5. The molecular weight excluding hydrogens is 390 g/mol. The van der Waals surface area contributed by atoms with E-state index in [9.17, 15) is 13.2 Å². The van der Waals surface area contributed by atoms with Gasteiger partial charge in [-0.15, -0.1) is 11.8 Å². The zero-order valence-electron chi connectivity index (χ0n) is 15.2. The topological polar surface area (TPSA) is 63.2 Å². The molecule has 0 bridgehead atoms. The van der Waals surface area contributed by atoms with Crippen molar-refractivity contribution in [3.05, 3.63) is 58.6 Å². The van der Waals surface area contributed by atoms with Crippen LogP contribution in [0.15, 0.2) is 47.4 Å². The first kappa shape index (κ1) is 20.8. The van der Waals surface area contributed by atoms with Crippen molar-refractivity contribution in [2.45, 2.75) is 36.2 Å². The first-order chi connectivity index (χ1) is 12.0. The van der Waals surface area contributed by atoms with Crippen LogP contribution in [-0.2, 0) is 15.6 Å². The second-order valence-electron chi connectivity index (χ2n) is 6.87. The lowest BCUT2D eigenvalue weighted by molar-refractivity contribution is 0.102. The van der Waals surface area contributed by atoms with Crippen LogP contribution in [0.5, 0.6) is 0 Å². The molecule has 7 heteroatoms. The summed E-state index contributed by atoms with van der Waals surface area (Å²) in [5.41, 5.74) is 1.54. The summed E-state index contributed by atoms with van der Waals surface area (Å²) >= 11 is 7.65. The fourth-order valence-electron chi connectivity index (χ4n) is 2.18. The number of amides is 1. The molecule has 0 spiro atoms. The fraction of sp³-hybridized carbons (Fsp3) is 0.316. The van der Waals surface area contributed by atoms with Crippen molar-refractivity contribution in [2.75, 3.05) is 11.6 Å². The van der Waals surface area contributed by atoms with E-state index in [-0.39, 0.29) is 11.7 Å². The molecule has 0 atom stereocenters. The molecule has 1 amide bonds. The van der Waals surface area contributed by atoms with E-state index in [1.807, 2.05) is 12.3 Å². The van der Waals surface area contributed by atoms with Crippen molar-refractivity contribution in [3.63, 3.8) is 0 Å². The van der Waals surface area contributed by atoms with Crippen molar-refractivity contribution in [1.29, 1.82) is 0 Å². The molecular formula is C19H22ClNO3S2. The Labute approximate surface area is 164 Å². The van der Waals surface area contributed by atoms with Gasteiger partial charge in [0.15, 0.2) is 9.84 Å². The van der Waals surface area contributed by atoms with Crippen LogP contribution in [0.1, 0.15) is 36.7 Å². The summed E-state index contributed by atoms with van der Waals surface area (Å²) in [6.45, 7) is 5.03. The zero-order valence-corrected chi connectivity index (χ0v) is 17.6. The lowest BCUT2D eigenvalue weighted by Crippen LogP contribution is -2.29. The number of anilines is 1. The van der Waals surface area contributed by atoms with Crippen LogP contribution in [0.25, 0.3) is 0 Å². The van der Waals surface area contributed by atoms with E-state index >= 15 is 0 Å². The number of rotatable bonds is 5. The van der Waals surface area contributed by atoms with Crippen molar-refractivity contribution < 1.29 is 13.2 Å². The number of carbonyl (C=O) groups is 1. The van der Waals surface area contributed by atoms with Gasteiger partial charge in [-0.2, -0.15) is 0 Å². The zero-order chi connectivity index (χ0) is 19.5. The van der Waals surface area contributed by atoms with Gasteiger partial charge in [-0.25, -0.2) is 8.42 Å². The third kappa shape index (κ3) is 5.02. The number of hydrogen-bond acceptors (Lipinski definition) is 4. The number of thioether (sulfide) groups is 1. The number of halogens is 1. The summed E-state index contributed by atoms with van der Waals surface area (Å²) in [5, 5.41) is 3.16. The normalized spacial score (nSPS) is 12.0. The quantitative estimate of drug-likeness (QED) is 0.701. The molecule has 0 saturated heterocycles. The Kier molecular flexibility index (Phi) is 6.42. The van der Waals surface area contributed by atoms with Crippen LogP contribution in [-0.4, -0.2) is 25.3 Å². The molecule has 1 N–H and O–H groups in total. The standard InChI is InChI=1S/C19H22ClNO3S2/c1-19(2,3)26(23,24)12-13-6-5-7-14(10-13)21-18(22)16-11-15(25-4)8-9-17(16)20/h5-11H,12H2,1-4H3,(H,21,22). The predicted octanol–water partition coefficient (Wildman–Crippen LogP) is 5.03. The molecule has 0 aliphatic carbocycles. The van der Waals surface area contributed by atoms with Crippen LogP contribution >= 0.6 is 23.4 Å². The maximum Gasteiger partial charge on any atom is 0.257 e. The smallest absolute Gasteiger partial charge is 0.257 e. The minimum absolute atomic E-state index is 0.0804. The van der Waals surface area contributed by atoms with Gasteiger partial charge in [0.05, 0.1) is 21.1 Å². The Morgan fingerprint density at radius 2 is 1.85 bits per heavy atom. The van der Waals surface area contributed by atoms with Gasteiger partial charge in [-0.05, 0) is 62.9 Å². The molecule has 0 fully saturated rings. The Bertz CT molecular complexity index is 919. The van der Waals surface area contributed by atoms with E-state index in [0.29, 0.717) is 21.8 Å². The predicted molar refractivity (Wildman–Crippen MR) is 110 cm³/mol. The monoisotopic (exact) mass is 411 g/mol. The Morgan fingerprint density at radius 1 is 1.15 bits per heavy atom. The first-order valence-corrected chi connectivity index (χ1v) is 11.2. The molecule has 0 unspecified atom stereocenters. The molecule has 140 valence electrons.